The maximum Gasteiger partial charge on any atom is 0.210 e. The van der Waals surface area contributed by atoms with Crippen molar-refractivity contribution in [2.45, 2.75) is 55.4 Å². The summed E-state index contributed by atoms with van der Waals surface area (Å²) in [6.45, 7) is 8.86. The number of hydrogen-bond donors (Lipinski definition) is 0. The number of fused-ring (bicyclic) bond motifs is 1. The molecule has 0 atom stereocenters. The molecule has 0 aliphatic carbocycles. The van der Waals surface area contributed by atoms with Crippen molar-refractivity contribution in [3.05, 3.63) is 42.5 Å². The third kappa shape index (κ3) is 4.19. The number of imidazole rings is 1. The van der Waals surface area contributed by atoms with Crippen LogP contribution in [0.25, 0.3) is 11.0 Å². The normalized spacial score (nSPS) is 16.0. The number of methoxy groups -OCH3 is 1. The highest BCUT2D eigenvalue weighted by molar-refractivity contribution is 7.91. The van der Waals surface area contributed by atoms with Crippen LogP contribution >= 0.6 is 0 Å². The molecule has 3 aromatic rings. The van der Waals surface area contributed by atoms with Crippen molar-refractivity contribution in [2.75, 3.05) is 20.3 Å². The Morgan fingerprint density at radius 3 is 2.65 bits per heavy atom. The van der Waals surface area contributed by atoms with E-state index in [0.29, 0.717) is 11.4 Å². The van der Waals surface area contributed by atoms with Gasteiger partial charge < -0.3 is 14.0 Å². The zero-order chi connectivity index (χ0) is 22.2. The molecule has 1 N–H and O–H groups in total. The van der Waals surface area contributed by atoms with Crippen molar-refractivity contribution in [1.29, 1.82) is 0 Å². The van der Waals surface area contributed by atoms with Crippen molar-refractivity contribution >= 4 is 20.9 Å². The van der Waals surface area contributed by atoms with E-state index in [1.807, 2.05) is 6.07 Å². The molecule has 1 saturated heterocycles. The van der Waals surface area contributed by atoms with Crippen LogP contribution < -0.4 is 9.72 Å². The summed E-state index contributed by atoms with van der Waals surface area (Å²) in [6, 6.07) is 6.74. The minimum Gasteiger partial charge on any atom is -0.490 e. The maximum atomic E-state index is 13.3. The van der Waals surface area contributed by atoms with E-state index in [0.717, 1.165) is 43.9 Å². The Bertz CT molecular complexity index is 1190. The zero-order valence-corrected chi connectivity index (χ0v) is 19.3. The number of hydrogen-bond acceptors (Lipinski definition) is 5. The lowest BCUT2D eigenvalue weighted by atomic mass is 9.94. The molecule has 0 radical (unpaired) electrons. The van der Waals surface area contributed by atoms with Gasteiger partial charge in [-0.25, -0.2) is 18.4 Å². The average Bonchev–Trinajstić information content (AvgIpc) is 3.12. The Morgan fingerprint density at radius 2 is 1.97 bits per heavy atom. The van der Waals surface area contributed by atoms with Gasteiger partial charge in [-0.3, -0.25) is 0 Å². The van der Waals surface area contributed by atoms with Crippen molar-refractivity contribution in [3.8, 4) is 5.75 Å². The molecule has 4 rings (SSSR count). The Kier molecular flexibility index (Phi) is 5.79. The molecule has 3 heterocycles. The van der Waals surface area contributed by atoms with Gasteiger partial charge in [-0.2, -0.15) is 0 Å². The van der Waals surface area contributed by atoms with E-state index >= 15 is 0 Å². The van der Waals surface area contributed by atoms with E-state index in [1.165, 1.54) is 19.4 Å². The molecule has 0 amide bonds. The fourth-order valence-corrected chi connectivity index (χ4v) is 5.55. The van der Waals surface area contributed by atoms with Crippen LogP contribution in [0.15, 0.2) is 46.5 Å². The number of sulfone groups is 1. The number of nitrogens with zero attached hydrogens (tertiary/aromatic N) is 2. The minimum absolute atomic E-state index is 0.130. The van der Waals surface area contributed by atoms with Crippen LogP contribution in [0, 0.1) is 5.92 Å². The summed E-state index contributed by atoms with van der Waals surface area (Å²) >= 11 is 0. The number of H-pyrrole nitrogens is 1. The molecule has 8 heteroatoms. The summed E-state index contributed by atoms with van der Waals surface area (Å²) in [7, 11) is -2.29. The lowest BCUT2D eigenvalue weighted by Crippen LogP contribution is -2.25. The third-order valence-electron chi connectivity index (χ3n) is 5.78. The predicted molar refractivity (Wildman–Crippen MR) is 117 cm³/mol. The van der Waals surface area contributed by atoms with Crippen LogP contribution in [0.4, 0.5) is 0 Å². The first kappa shape index (κ1) is 21.8. The molecule has 1 fully saturated rings. The summed E-state index contributed by atoms with van der Waals surface area (Å²) < 4.78 is 39.7. The van der Waals surface area contributed by atoms with Crippen molar-refractivity contribution in [3.63, 3.8) is 0 Å². The summed E-state index contributed by atoms with van der Waals surface area (Å²) in [5.74, 6) is 1.78. The Balaban J connectivity index is 1.81. The van der Waals surface area contributed by atoms with Gasteiger partial charge in [0.05, 0.1) is 23.0 Å². The fourth-order valence-electron chi connectivity index (χ4n) is 4.13. The van der Waals surface area contributed by atoms with Crippen LogP contribution in [0.3, 0.4) is 0 Å². The first-order valence-corrected chi connectivity index (χ1v) is 12.1. The lowest BCUT2D eigenvalue weighted by molar-refractivity contribution is -0.379. The first-order chi connectivity index (χ1) is 14.7. The third-order valence-corrected chi connectivity index (χ3v) is 7.57. The van der Waals surface area contributed by atoms with E-state index < -0.39 is 9.84 Å². The molecule has 1 aliphatic heterocycles. The summed E-state index contributed by atoms with van der Waals surface area (Å²) in [5.41, 5.74) is 1.49. The molecule has 0 unspecified atom stereocenters. The average molecular weight is 445 g/mol. The van der Waals surface area contributed by atoms with Crippen LogP contribution in [0.2, 0.25) is 0 Å². The SMILES string of the molecule is COc1c[nH+]ccc1S(=O)(=O)c1ccc2c(c1)nc(C(C)(C)C)n2CC1CCOCC1. The molecule has 0 spiro atoms. The minimum atomic E-state index is -3.75. The largest absolute Gasteiger partial charge is 0.490 e. The summed E-state index contributed by atoms with van der Waals surface area (Å²) in [6.07, 6.45) is 5.17. The molecular formula is C23H30N3O4S+. The molecule has 166 valence electrons. The van der Waals surface area contributed by atoms with Crippen molar-refractivity contribution < 1.29 is 22.9 Å². The molecule has 0 saturated carbocycles. The number of aromatic nitrogens is 3. The highest BCUT2D eigenvalue weighted by Crippen LogP contribution is 2.33. The van der Waals surface area contributed by atoms with Gasteiger partial charge in [0, 0.05) is 31.2 Å². The monoisotopic (exact) mass is 444 g/mol. The standard InChI is InChI=1S/C23H29N3O4S/c1-23(2,3)22-25-18-13-17(31(27,28)21-7-10-24-14-20(21)29-4)5-6-19(18)26(22)15-16-8-11-30-12-9-16/h5-7,10,13-14,16H,8-9,11-12,15H2,1-4H3/p+1. The summed E-state index contributed by atoms with van der Waals surface area (Å²) in [5, 5.41) is 0. The molecule has 2 aromatic heterocycles. The lowest BCUT2D eigenvalue weighted by Gasteiger charge is -2.26. The Hall–Kier alpha value is -2.45. The van der Waals surface area contributed by atoms with Gasteiger partial charge >= 0.3 is 0 Å². The second kappa shape index (κ2) is 8.24. The smallest absolute Gasteiger partial charge is 0.210 e. The molecule has 1 aliphatic rings. The van der Waals surface area contributed by atoms with Gasteiger partial charge in [0.15, 0.2) is 6.20 Å². The highest BCUT2D eigenvalue weighted by atomic mass is 32.2. The van der Waals surface area contributed by atoms with E-state index in [-0.39, 0.29) is 21.0 Å². The summed E-state index contributed by atoms with van der Waals surface area (Å²) in [4.78, 5) is 8.09. The van der Waals surface area contributed by atoms with Crippen molar-refractivity contribution in [1.82, 2.24) is 9.55 Å². The Labute approximate surface area is 183 Å². The fraction of sp³-hybridized carbons (Fsp3) is 0.478. The second-order valence-electron chi connectivity index (χ2n) is 9.08. The predicted octanol–water partition coefficient (Wildman–Crippen LogP) is 3.42. The van der Waals surface area contributed by atoms with Gasteiger partial charge in [-0.1, -0.05) is 20.8 Å². The van der Waals surface area contributed by atoms with Gasteiger partial charge in [0.1, 0.15) is 10.7 Å². The number of aromatic amines is 1. The zero-order valence-electron chi connectivity index (χ0n) is 18.5. The molecule has 0 bridgehead atoms. The van der Waals surface area contributed by atoms with Crippen LogP contribution in [-0.2, 0) is 26.5 Å². The van der Waals surface area contributed by atoms with Gasteiger partial charge in [0.2, 0.25) is 21.8 Å². The first-order valence-electron chi connectivity index (χ1n) is 10.6. The molecule has 7 nitrogen and oxygen atoms in total. The quantitative estimate of drug-likeness (QED) is 0.602. The van der Waals surface area contributed by atoms with E-state index in [4.69, 9.17) is 14.5 Å². The van der Waals surface area contributed by atoms with Crippen LogP contribution in [0.1, 0.15) is 39.4 Å². The van der Waals surface area contributed by atoms with E-state index in [9.17, 15) is 8.42 Å². The van der Waals surface area contributed by atoms with Crippen LogP contribution in [0.5, 0.6) is 5.75 Å². The van der Waals surface area contributed by atoms with Crippen molar-refractivity contribution in [2.24, 2.45) is 5.92 Å². The Morgan fingerprint density at radius 1 is 1.23 bits per heavy atom. The molecule has 31 heavy (non-hydrogen) atoms. The highest BCUT2D eigenvalue weighted by Gasteiger charge is 2.28. The van der Waals surface area contributed by atoms with Gasteiger partial charge in [-0.15, -0.1) is 0 Å². The molecule has 1 aromatic carbocycles. The second-order valence-corrected chi connectivity index (χ2v) is 11.0. The maximum absolute atomic E-state index is 13.3. The van der Waals surface area contributed by atoms with Crippen LogP contribution in [-0.4, -0.2) is 38.3 Å². The van der Waals surface area contributed by atoms with E-state index in [1.54, 1.807) is 18.3 Å². The number of rotatable bonds is 5. The molecular weight excluding hydrogens is 414 g/mol. The van der Waals surface area contributed by atoms with Gasteiger partial charge in [-0.05, 0) is 37.0 Å². The number of nitrogens with one attached hydrogen (secondary N) is 1. The van der Waals surface area contributed by atoms with E-state index in [2.05, 4.69) is 30.3 Å². The number of pyridine rings is 1. The topological polar surface area (TPSA) is 84.6 Å². The number of ether oxygens (including phenoxy) is 2. The van der Waals surface area contributed by atoms with Gasteiger partial charge in [0.25, 0.3) is 0 Å². The number of benzene rings is 1.